The maximum atomic E-state index is 12.8. The zero-order valence-corrected chi connectivity index (χ0v) is 13.3. The van der Waals surface area contributed by atoms with Gasteiger partial charge in [0.25, 0.3) is 0 Å². The van der Waals surface area contributed by atoms with Gasteiger partial charge in [-0.15, -0.1) is 11.3 Å². The van der Waals surface area contributed by atoms with Crippen LogP contribution in [0.25, 0.3) is 10.2 Å². The van der Waals surface area contributed by atoms with Gasteiger partial charge in [0.2, 0.25) is 10.0 Å². The Labute approximate surface area is 131 Å². The lowest BCUT2D eigenvalue weighted by atomic mass is 10.1. The third-order valence-electron chi connectivity index (χ3n) is 3.61. The molecule has 7 nitrogen and oxygen atoms in total. The van der Waals surface area contributed by atoms with Crippen LogP contribution in [0.3, 0.4) is 0 Å². The Bertz CT molecular complexity index is 817. The number of sulfonamides is 1. The lowest BCUT2D eigenvalue weighted by Gasteiger charge is -2.36. The molecule has 0 bridgehead atoms. The molecule has 2 atom stereocenters. The standard InChI is InChI=1S/C13H14N2O5S2/c1-8-12(13(16)17)15(4-5-20-8)22(18,19)9-2-3-10-11(6-9)21-7-14-10/h2-3,6-8,12H,4-5H2,1H3,(H,16,17)/t8-,12+/m0/s1. The minimum absolute atomic E-state index is 0.0182. The Morgan fingerprint density at radius 1 is 1.50 bits per heavy atom. The average molecular weight is 342 g/mol. The van der Waals surface area contributed by atoms with Crippen LogP contribution in [0.15, 0.2) is 28.6 Å². The third kappa shape index (κ3) is 2.50. The molecular weight excluding hydrogens is 328 g/mol. The summed E-state index contributed by atoms with van der Waals surface area (Å²) in [7, 11) is -3.91. The molecule has 2 aromatic rings. The van der Waals surface area contributed by atoms with E-state index in [-0.39, 0.29) is 18.0 Å². The number of aromatic nitrogens is 1. The Hall–Kier alpha value is -1.55. The predicted molar refractivity (Wildman–Crippen MR) is 80.3 cm³/mol. The summed E-state index contributed by atoms with van der Waals surface area (Å²) in [6, 6.07) is 3.38. The number of rotatable bonds is 3. The van der Waals surface area contributed by atoms with E-state index >= 15 is 0 Å². The molecule has 0 amide bonds. The second-order valence-corrected chi connectivity index (χ2v) is 7.73. The van der Waals surface area contributed by atoms with E-state index in [1.807, 2.05) is 0 Å². The van der Waals surface area contributed by atoms with Crippen LogP contribution in [0.5, 0.6) is 0 Å². The number of aliphatic carboxylic acids is 1. The lowest BCUT2D eigenvalue weighted by Crippen LogP contribution is -2.56. The molecule has 1 aliphatic rings. The van der Waals surface area contributed by atoms with Crippen LogP contribution in [-0.2, 0) is 19.6 Å². The van der Waals surface area contributed by atoms with Crippen LogP contribution < -0.4 is 0 Å². The minimum Gasteiger partial charge on any atom is -0.480 e. The summed E-state index contributed by atoms with van der Waals surface area (Å²) in [6.45, 7) is 1.75. The molecule has 1 saturated heterocycles. The molecule has 1 aromatic heterocycles. The van der Waals surface area contributed by atoms with Gasteiger partial charge in [0.05, 0.1) is 33.3 Å². The quantitative estimate of drug-likeness (QED) is 0.899. The summed E-state index contributed by atoms with van der Waals surface area (Å²) in [5.74, 6) is -1.21. The number of fused-ring (bicyclic) bond motifs is 1. The van der Waals surface area contributed by atoms with Gasteiger partial charge in [-0.25, -0.2) is 13.4 Å². The lowest BCUT2D eigenvalue weighted by molar-refractivity contribution is -0.150. The molecule has 3 rings (SSSR count). The molecule has 1 fully saturated rings. The van der Waals surface area contributed by atoms with E-state index in [0.29, 0.717) is 5.52 Å². The van der Waals surface area contributed by atoms with Gasteiger partial charge in [-0.2, -0.15) is 4.31 Å². The number of benzene rings is 1. The van der Waals surface area contributed by atoms with E-state index in [4.69, 9.17) is 4.74 Å². The number of hydrogen-bond donors (Lipinski definition) is 1. The summed E-state index contributed by atoms with van der Waals surface area (Å²) in [5, 5.41) is 9.33. The Morgan fingerprint density at radius 2 is 2.27 bits per heavy atom. The van der Waals surface area contributed by atoms with Gasteiger partial charge in [0.15, 0.2) is 0 Å². The first-order valence-corrected chi connectivity index (χ1v) is 8.93. The number of ether oxygens (including phenoxy) is 1. The van der Waals surface area contributed by atoms with Crippen molar-refractivity contribution in [1.29, 1.82) is 0 Å². The van der Waals surface area contributed by atoms with Crippen molar-refractivity contribution in [2.75, 3.05) is 13.2 Å². The zero-order valence-electron chi connectivity index (χ0n) is 11.7. The first-order valence-electron chi connectivity index (χ1n) is 6.61. The molecule has 0 spiro atoms. The molecule has 1 aromatic carbocycles. The number of morpholine rings is 1. The smallest absolute Gasteiger partial charge is 0.324 e. The summed E-state index contributed by atoms with van der Waals surface area (Å²) in [5.41, 5.74) is 2.35. The molecule has 0 saturated carbocycles. The van der Waals surface area contributed by atoms with Gasteiger partial charge in [-0.3, -0.25) is 4.79 Å². The maximum Gasteiger partial charge on any atom is 0.324 e. The van der Waals surface area contributed by atoms with Crippen molar-refractivity contribution in [3.63, 3.8) is 0 Å². The molecular formula is C13H14N2O5S2. The maximum absolute atomic E-state index is 12.8. The van der Waals surface area contributed by atoms with Crippen LogP contribution in [-0.4, -0.2) is 54.1 Å². The fourth-order valence-corrected chi connectivity index (χ4v) is 4.96. The van der Waals surface area contributed by atoms with Gasteiger partial charge in [-0.05, 0) is 25.1 Å². The molecule has 2 heterocycles. The summed E-state index contributed by atoms with van der Waals surface area (Å²) >= 11 is 1.34. The van der Waals surface area contributed by atoms with Crippen LogP contribution in [0.2, 0.25) is 0 Å². The Morgan fingerprint density at radius 3 is 3.00 bits per heavy atom. The van der Waals surface area contributed by atoms with E-state index in [0.717, 1.165) is 9.01 Å². The normalized spacial score (nSPS) is 23.7. The molecule has 22 heavy (non-hydrogen) atoms. The van der Waals surface area contributed by atoms with E-state index < -0.39 is 28.1 Å². The molecule has 1 aliphatic heterocycles. The number of carbonyl (C=O) groups is 1. The highest BCUT2D eigenvalue weighted by molar-refractivity contribution is 7.89. The fourth-order valence-electron chi connectivity index (χ4n) is 2.52. The van der Waals surface area contributed by atoms with Gasteiger partial charge in [-0.1, -0.05) is 0 Å². The average Bonchev–Trinajstić information content (AvgIpc) is 2.93. The van der Waals surface area contributed by atoms with E-state index in [2.05, 4.69) is 4.98 Å². The monoisotopic (exact) mass is 342 g/mol. The van der Waals surface area contributed by atoms with Crippen LogP contribution in [0, 0.1) is 0 Å². The third-order valence-corrected chi connectivity index (χ3v) is 6.28. The van der Waals surface area contributed by atoms with Gasteiger partial charge >= 0.3 is 5.97 Å². The summed E-state index contributed by atoms with van der Waals surface area (Å²) < 4.78 is 32.6. The highest BCUT2D eigenvalue weighted by atomic mass is 32.2. The second-order valence-electron chi connectivity index (χ2n) is 4.96. The van der Waals surface area contributed by atoms with Crippen molar-refractivity contribution in [2.24, 2.45) is 0 Å². The number of hydrogen-bond acceptors (Lipinski definition) is 6. The number of carboxylic acid groups (broad SMARTS) is 1. The minimum atomic E-state index is -3.91. The van der Waals surface area contributed by atoms with Crippen LogP contribution in [0.1, 0.15) is 6.92 Å². The fraction of sp³-hybridized carbons (Fsp3) is 0.385. The van der Waals surface area contributed by atoms with Crippen LogP contribution >= 0.6 is 11.3 Å². The highest BCUT2D eigenvalue weighted by Gasteiger charge is 2.42. The Kier molecular flexibility index (Phi) is 3.89. The predicted octanol–water partition coefficient (Wildman–Crippen LogP) is 1.16. The van der Waals surface area contributed by atoms with E-state index in [1.165, 1.54) is 23.5 Å². The molecule has 118 valence electrons. The SMILES string of the molecule is C[C@@H]1OCCN(S(=O)(=O)c2ccc3ncsc3c2)[C@H]1C(=O)O. The van der Waals surface area contributed by atoms with Crippen LogP contribution in [0.4, 0.5) is 0 Å². The zero-order chi connectivity index (χ0) is 15.9. The van der Waals surface area contributed by atoms with Gasteiger partial charge < -0.3 is 9.84 Å². The van der Waals surface area contributed by atoms with Crippen molar-refractivity contribution in [1.82, 2.24) is 9.29 Å². The van der Waals surface area contributed by atoms with Crippen molar-refractivity contribution in [3.8, 4) is 0 Å². The first-order chi connectivity index (χ1) is 10.4. The van der Waals surface area contributed by atoms with Gasteiger partial charge in [0.1, 0.15) is 6.04 Å². The largest absolute Gasteiger partial charge is 0.480 e. The summed E-state index contributed by atoms with van der Waals surface area (Å²) in [4.78, 5) is 15.6. The molecule has 0 unspecified atom stereocenters. The number of thiazole rings is 1. The van der Waals surface area contributed by atoms with Crippen molar-refractivity contribution >= 4 is 37.5 Å². The first kappa shape index (κ1) is 15.3. The number of nitrogens with zero attached hydrogens (tertiary/aromatic N) is 2. The van der Waals surface area contributed by atoms with E-state index in [9.17, 15) is 18.3 Å². The van der Waals surface area contributed by atoms with Crippen molar-refractivity contribution in [3.05, 3.63) is 23.7 Å². The van der Waals surface area contributed by atoms with E-state index in [1.54, 1.807) is 18.5 Å². The van der Waals surface area contributed by atoms with Crippen molar-refractivity contribution in [2.45, 2.75) is 24.0 Å². The number of carboxylic acids is 1. The molecule has 0 aliphatic carbocycles. The van der Waals surface area contributed by atoms with Gasteiger partial charge in [0, 0.05) is 6.54 Å². The molecule has 1 N–H and O–H groups in total. The van der Waals surface area contributed by atoms with Crippen molar-refractivity contribution < 1.29 is 23.1 Å². The molecule has 0 radical (unpaired) electrons. The Balaban J connectivity index is 2.05. The topological polar surface area (TPSA) is 96.8 Å². The molecule has 9 heteroatoms. The summed E-state index contributed by atoms with van der Waals surface area (Å²) in [6.07, 6.45) is -0.701. The second kappa shape index (κ2) is 5.58. The highest BCUT2D eigenvalue weighted by Crippen LogP contribution is 2.27.